The Hall–Kier alpha value is -1.42. The molecule has 0 aliphatic carbocycles. The van der Waals surface area contributed by atoms with E-state index in [1.54, 1.807) is 12.3 Å². The lowest BCUT2D eigenvalue weighted by Gasteiger charge is -2.19. The van der Waals surface area contributed by atoms with Gasteiger partial charge in [-0.1, -0.05) is 0 Å². The number of nitrogens with zero attached hydrogens (tertiary/aromatic N) is 1. The van der Waals surface area contributed by atoms with Crippen molar-refractivity contribution in [1.82, 2.24) is 10.3 Å². The molecule has 0 saturated carbocycles. The van der Waals surface area contributed by atoms with E-state index in [1.165, 1.54) is 0 Å². The van der Waals surface area contributed by atoms with E-state index < -0.39 is 0 Å². The minimum Gasteiger partial charge on any atom is -0.371 e. The van der Waals surface area contributed by atoms with Gasteiger partial charge in [-0.15, -0.1) is 0 Å². The Kier molecular flexibility index (Phi) is 4.63. The molecule has 17 heavy (non-hydrogen) atoms. The lowest BCUT2D eigenvalue weighted by atomic mass is 10.2. The predicted octanol–water partition coefficient (Wildman–Crippen LogP) is 2.15. The Bertz CT molecular complexity index is 383. The SMILES string of the molecule is CCNC(=O)c1cc(COC(C)(C)C)ccn1. The smallest absolute Gasteiger partial charge is 0.269 e. The summed E-state index contributed by atoms with van der Waals surface area (Å²) < 4.78 is 5.65. The number of pyridine rings is 1. The summed E-state index contributed by atoms with van der Waals surface area (Å²) >= 11 is 0. The second-order valence-corrected chi connectivity index (χ2v) is 4.81. The van der Waals surface area contributed by atoms with Crippen LogP contribution in [-0.2, 0) is 11.3 Å². The number of hydrogen-bond acceptors (Lipinski definition) is 3. The van der Waals surface area contributed by atoms with E-state index in [-0.39, 0.29) is 11.5 Å². The van der Waals surface area contributed by atoms with Crippen molar-refractivity contribution in [3.05, 3.63) is 29.6 Å². The summed E-state index contributed by atoms with van der Waals surface area (Å²) in [7, 11) is 0. The predicted molar refractivity (Wildman–Crippen MR) is 66.8 cm³/mol. The van der Waals surface area contributed by atoms with E-state index in [1.807, 2.05) is 33.8 Å². The summed E-state index contributed by atoms with van der Waals surface area (Å²) in [5.41, 5.74) is 1.20. The first kappa shape index (κ1) is 13.6. The lowest BCUT2D eigenvalue weighted by Crippen LogP contribution is -2.24. The number of nitrogens with one attached hydrogen (secondary N) is 1. The quantitative estimate of drug-likeness (QED) is 0.871. The highest BCUT2D eigenvalue weighted by Crippen LogP contribution is 2.12. The molecule has 0 bridgehead atoms. The molecule has 1 N–H and O–H groups in total. The van der Waals surface area contributed by atoms with Crippen molar-refractivity contribution < 1.29 is 9.53 Å². The van der Waals surface area contributed by atoms with E-state index in [0.29, 0.717) is 18.8 Å². The molecule has 0 aliphatic heterocycles. The molecule has 4 heteroatoms. The molecule has 1 aromatic heterocycles. The number of hydrogen-bond donors (Lipinski definition) is 1. The van der Waals surface area contributed by atoms with Crippen LogP contribution >= 0.6 is 0 Å². The molecular weight excluding hydrogens is 216 g/mol. The van der Waals surface area contributed by atoms with Crippen LogP contribution in [0.3, 0.4) is 0 Å². The summed E-state index contributed by atoms with van der Waals surface area (Å²) in [6.45, 7) is 8.96. The molecule has 0 unspecified atom stereocenters. The van der Waals surface area contributed by atoms with Gasteiger partial charge in [-0.3, -0.25) is 9.78 Å². The van der Waals surface area contributed by atoms with Crippen LogP contribution in [0.15, 0.2) is 18.3 Å². The van der Waals surface area contributed by atoms with Gasteiger partial charge in [0.2, 0.25) is 0 Å². The van der Waals surface area contributed by atoms with Crippen LogP contribution in [0.1, 0.15) is 43.7 Å². The van der Waals surface area contributed by atoms with E-state index in [4.69, 9.17) is 4.74 Å². The Labute approximate surface area is 102 Å². The first-order chi connectivity index (χ1) is 7.92. The maximum absolute atomic E-state index is 11.6. The molecule has 0 radical (unpaired) electrons. The molecule has 1 rings (SSSR count). The normalized spacial score (nSPS) is 11.3. The van der Waals surface area contributed by atoms with Crippen LogP contribution < -0.4 is 5.32 Å². The first-order valence-corrected chi connectivity index (χ1v) is 5.79. The van der Waals surface area contributed by atoms with Gasteiger partial charge in [0.1, 0.15) is 5.69 Å². The van der Waals surface area contributed by atoms with Gasteiger partial charge in [0.05, 0.1) is 12.2 Å². The van der Waals surface area contributed by atoms with Crippen LogP contribution in [0.25, 0.3) is 0 Å². The van der Waals surface area contributed by atoms with Crippen molar-refractivity contribution in [2.75, 3.05) is 6.54 Å². The zero-order valence-corrected chi connectivity index (χ0v) is 10.9. The fourth-order valence-corrected chi connectivity index (χ4v) is 1.24. The van der Waals surface area contributed by atoms with Crippen LogP contribution in [0.2, 0.25) is 0 Å². The highest BCUT2D eigenvalue weighted by Gasteiger charge is 2.11. The van der Waals surface area contributed by atoms with Crippen molar-refractivity contribution in [1.29, 1.82) is 0 Å². The van der Waals surface area contributed by atoms with Gasteiger partial charge in [0, 0.05) is 12.7 Å². The average molecular weight is 236 g/mol. The highest BCUT2D eigenvalue weighted by atomic mass is 16.5. The second-order valence-electron chi connectivity index (χ2n) is 4.81. The summed E-state index contributed by atoms with van der Waals surface area (Å²) in [6.07, 6.45) is 1.63. The molecule has 1 heterocycles. The molecule has 1 amide bonds. The third-order valence-corrected chi connectivity index (χ3v) is 2.07. The maximum atomic E-state index is 11.6. The van der Waals surface area contributed by atoms with Crippen molar-refractivity contribution in [2.45, 2.75) is 39.9 Å². The summed E-state index contributed by atoms with van der Waals surface area (Å²) in [5, 5.41) is 2.72. The van der Waals surface area contributed by atoms with E-state index >= 15 is 0 Å². The van der Waals surface area contributed by atoms with Crippen molar-refractivity contribution >= 4 is 5.91 Å². The monoisotopic (exact) mass is 236 g/mol. The fraction of sp³-hybridized carbons (Fsp3) is 0.538. The number of ether oxygens (including phenoxy) is 1. The molecule has 0 aliphatic rings. The zero-order chi connectivity index (χ0) is 12.9. The molecule has 0 aromatic carbocycles. The number of carbonyl (C=O) groups excluding carboxylic acids is 1. The molecular formula is C13H20N2O2. The Morgan fingerprint density at radius 2 is 2.18 bits per heavy atom. The molecule has 0 atom stereocenters. The molecule has 94 valence electrons. The number of amides is 1. The van der Waals surface area contributed by atoms with Crippen molar-refractivity contribution in [3.63, 3.8) is 0 Å². The fourth-order valence-electron chi connectivity index (χ4n) is 1.24. The summed E-state index contributed by atoms with van der Waals surface area (Å²) in [4.78, 5) is 15.6. The largest absolute Gasteiger partial charge is 0.371 e. The summed E-state index contributed by atoms with van der Waals surface area (Å²) in [5.74, 6) is -0.148. The van der Waals surface area contributed by atoms with E-state index in [9.17, 15) is 4.79 Å². The lowest BCUT2D eigenvalue weighted by molar-refractivity contribution is -0.0150. The number of rotatable bonds is 4. The third kappa shape index (κ3) is 4.95. The van der Waals surface area contributed by atoms with Crippen molar-refractivity contribution in [2.24, 2.45) is 0 Å². The van der Waals surface area contributed by atoms with Crippen LogP contribution in [0.5, 0.6) is 0 Å². The van der Waals surface area contributed by atoms with E-state index in [2.05, 4.69) is 10.3 Å². The first-order valence-electron chi connectivity index (χ1n) is 5.79. The van der Waals surface area contributed by atoms with Crippen molar-refractivity contribution in [3.8, 4) is 0 Å². The van der Waals surface area contributed by atoms with Crippen LogP contribution in [0, 0.1) is 0 Å². The van der Waals surface area contributed by atoms with Gasteiger partial charge in [0.15, 0.2) is 0 Å². The Morgan fingerprint density at radius 1 is 1.47 bits per heavy atom. The van der Waals surface area contributed by atoms with E-state index in [0.717, 1.165) is 5.56 Å². The zero-order valence-electron chi connectivity index (χ0n) is 10.9. The number of aromatic nitrogens is 1. The van der Waals surface area contributed by atoms with Gasteiger partial charge in [-0.25, -0.2) is 0 Å². The van der Waals surface area contributed by atoms with Gasteiger partial charge in [0.25, 0.3) is 5.91 Å². The molecule has 0 saturated heterocycles. The number of carbonyl (C=O) groups is 1. The molecule has 0 fully saturated rings. The Balaban J connectivity index is 2.69. The topological polar surface area (TPSA) is 51.2 Å². The van der Waals surface area contributed by atoms with Gasteiger partial charge in [-0.2, -0.15) is 0 Å². The molecule has 0 spiro atoms. The van der Waals surface area contributed by atoms with Gasteiger partial charge >= 0.3 is 0 Å². The summed E-state index contributed by atoms with van der Waals surface area (Å²) in [6, 6.07) is 3.62. The third-order valence-electron chi connectivity index (χ3n) is 2.07. The van der Waals surface area contributed by atoms with Gasteiger partial charge in [-0.05, 0) is 45.4 Å². The highest BCUT2D eigenvalue weighted by molar-refractivity contribution is 5.92. The standard InChI is InChI=1S/C13H20N2O2/c1-5-14-12(16)11-8-10(6-7-15-11)9-17-13(2,3)4/h6-8H,5,9H2,1-4H3,(H,14,16). The van der Waals surface area contributed by atoms with Crippen LogP contribution in [0.4, 0.5) is 0 Å². The van der Waals surface area contributed by atoms with Crippen LogP contribution in [-0.4, -0.2) is 23.0 Å². The Morgan fingerprint density at radius 3 is 2.76 bits per heavy atom. The second kappa shape index (κ2) is 5.77. The minimum absolute atomic E-state index is 0.148. The maximum Gasteiger partial charge on any atom is 0.269 e. The average Bonchev–Trinajstić information content (AvgIpc) is 2.26. The molecule has 4 nitrogen and oxygen atoms in total. The molecule has 1 aromatic rings. The minimum atomic E-state index is -0.185. The van der Waals surface area contributed by atoms with Gasteiger partial charge < -0.3 is 10.1 Å².